The molecule has 5 nitrogen and oxygen atoms in total. The Bertz CT molecular complexity index is 833. The molecular weight excluding hydrogens is 424 g/mol. The van der Waals surface area contributed by atoms with Crippen LogP contribution < -0.4 is 9.13 Å². The van der Waals surface area contributed by atoms with Gasteiger partial charge in [-0.05, 0) is 0 Å². The van der Waals surface area contributed by atoms with Gasteiger partial charge in [-0.1, -0.05) is 0 Å². The first-order chi connectivity index (χ1) is 13.7. The lowest BCUT2D eigenvalue weighted by Crippen LogP contribution is -2.25. The Morgan fingerprint density at radius 2 is 0.867 bits per heavy atom. The summed E-state index contributed by atoms with van der Waals surface area (Å²) in [4.78, 5) is 13.0. The van der Waals surface area contributed by atoms with Crippen LogP contribution in [0.3, 0.4) is 0 Å². The zero-order chi connectivity index (χ0) is 22.9. The van der Waals surface area contributed by atoms with Crippen LogP contribution in [-0.2, 0) is 14.1 Å². The third-order valence-electron chi connectivity index (χ3n) is 3.05. The van der Waals surface area contributed by atoms with Gasteiger partial charge in [0.05, 0.1) is 0 Å². The molecule has 0 amide bonds. The first-order valence-electron chi connectivity index (χ1n) is 8.07. The fraction of sp³-hybridized carbons (Fsp3) is 0.133. The number of halogens is 8. The molecule has 0 spiro atoms. The molecule has 0 aliphatic carbocycles. The van der Waals surface area contributed by atoms with Crippen LogP contribution in [0.4, 0.5) is 34.5 Å². The lowest BCUT2D eigenvalue weighted by atomic mass is 10.2. The predicted molar refractivity (Wildman–Crippen MR) is 93.4 cm³/mol. The van der Waals surface area contributed by atoms with Crippen molar-refractivity contribution in [2.24, 2.45) is 14.1 Å². The summed E-state index contributed by atoms with van der Waals surface area (Å²) in [5, 5.41) is 0. The summed E-state index contributed by atoms with van der Waals surface area (Å²) in [5.74, 6) is 1.37. The molecular formula is C15H15B2F8N5. The molecule has 3 aromatic heterocycles. The molecule has 15 heteroatoms. The number of rotatable bonds is 2. The van der Waals surface area contributed by atoms with Gasteiger partial charge in [0.25, 0.3) is 0 Å². The number of hydrogen-bond acceptors (Lipinski definition) is 3. The quantitative estimate of drug-likeness (QED) is 0.350. The fourth-order valence-electron chi connectivity index (χ4n) is 1.87. The largest absolute Gasteiger partial charge is 0.673 e. The van der Waals surface area contributed by atoms with Crippen molar-refractivity contribution in [2.75, 3.05) is 0 Å². The van der Waals surface area contributed by atoms with Gasteiger partial charge in [0.15, 0.2) is 36.4 Å². The summed E-state index contributed by atoms with van der Waals surface area (Å²) in [6.45, 7) is 0. The van der Waals surface area contributed by atoms with Gasteiger partial charge in [-0.15, -0.1) is 0 Å². The van der Waals surface area contributed by atoms with Crippen LogP contribution in [0.15, 0.2) is 55.4 Å². The molecule has 0 bridgehead atoms. The van der Waals surface area contributed by atoms with Crippen LogP contribution in [0.5, 0.6) is 0 Å². The van der Waals surface area contributed by atoms with Crippen molar-refractivity contribution >= 4 is 14.5 Å². The summed E-state index contributed by atoms with van der Waals surface area (Å²) < 4.78 is 81.9. The summed E-state index contributed by atoms with van der Waals surface area (Å²) in [7, 11) is -8.04. The summed E-state index contributed by atoms with van der Waals surface area (Å²) in [6, 6.07) is 7.96. The fourth-order valence-corrected chi connectivity index (χ4v) is 1.87. The van der Waals surface area contributed by atoms with Crippen LogP contribution in [0.2, 0.25) is 0 Å². The minimum absolute atomic E-state index is 0.684. The third-order valence-corrected chi connectivity index (χ3v) is 3.05. The Morgan fingerprint density at radius 1 is 0.600 bits per heavy atom. The second-order valence-electron chi connectivity index (χ2n) is 5.63. The van der Waals surface area contributed by atoms with Crippen LogP contribution in [0, 0.1) is 0 Å². The van der Waals surface area contributed by atoms with Gasteiger partial charge in [0.1, 0.15) is 20.4 Å². The molecule has 0 aliphatic rings. The molecule has 0 saturated carbocycles. The highest BCUT2D eigenvalue weighted by atomic mass is 19.5. The summed E-state index contributed by atoms with van der Waals surface area (Å²) in [5.41, 5.74) is 1.96. The summed E-state index contributed by atoms with van der Waals surface area (Å²) >= 11 is 0. The average molecular weight is 439 g/mol. The number of aryl methyl sites for hydroxylation is 2. The molecule has 0 aliphatic heterocycles. The van der Waals surface area contributed by atoms with Gasteiger partial charge in [0, 0.05) is 35.4 Å². The summed E-state index contributed by atoms with van der Waals surface area (Å²) in [6.07, 6.45) is 9.45. The Labute approximate surface area is 166 Å². The zero-order valence-corrected chi connectivity index (χ0v) is 15.6. The van der Waals surface area contributed by atoms with E-state index in [9.17, 15) is 34.5 Å². The van der Waals surface area contributed by atoms with Crippen LogP contribution in [0.25, 0.3) is 22.8 Å². The monoisotopic (exact) mass is 439 g/mol. The van der Waals surface area contributed by atoms with Crippen LogP contribution in [-0.4, -0.2) is 29.5 Å². The molecule has 0 atom stereocenters. The maximum absolute atomic E-state index is 9.75. The van der Waals surface area contributed by atoms with E-state index in [1.807, 2.05) is 72.3 Å². The lowest BCUT2D eigenvalue weighted by molar-refractivity contribution is -0.671. The van der Waals surface area contributed by atoms with Crippen molar-refractivity contribution in [3.8, 4) is 22.8 Å². The van der Waals surface area contributed by atoms with E-state index >= 15 is 0 Å². The molecule has 0 radical (unpaired) electrons. The van der Waals surface area contributed by atoms with Crippen LogP contribution in [0.1, 0.15) is 0 Å². The second kappa shape index (κ2) is 10.6. The maximum Gasteiger partial charge on any atom is 0.673 e. The van der Waals surface area contributed by atoms with Gasteiger partial charge in [0.2, 0.25) is 0 Å². The van der Waals surface area contributed by atoms with E-state index in [4.69, 9.17) is 0 Å². The van der Waals surface area contributed by atoms with E-state index in [-0.39, 0.29) is 0 Å². The van der Waals surface area contributed by atoms with Crippen molar-refractivity contribution in [1.29, 1.82) is 0 Å². The van der Waals surface area contributed by atoms with E-state index in [1.165, 1.54) is 0 Å². The third kappa shape index (κ3) is 11.7. The van der Waals surface area contributed by atoms with E-state index < -0.39 is 14.5 Å². The van der Waals surface area contributed by atoms with Crippen molar-refractivity contribution in [1.82, 2.24) is 15.0 Å². The molecule has 0 N–H and O–H groups in total. The first-order valence-corrected chi connectivity index (χ1v) is 8.07. The van der Waals surface area contributed by atoms with Gasteiger partial charge >= 0.3 is 14.5 Å². The standard InChI is InChI=1S/C15H15N5.2BF4/c1-19-7-3-12(4-8-19)14-16-11-17-15(18-14)13-5-9-20(2)10-6-13;2*2-1(3,4)5/h3-11H,1-2H3;;/q+2;2*-1. The molecule has 30 heavy (non-hydrogen) atoms. The SMILES string of the molecule is C[n+]1ccc(-c2ncnc(-c3cc[n+](C)cc3)n2)cc1.F[B-](F)(F)F.F[B-](F)(F)F. The molecule has 3 rings (SSSR count). The highest BCUT2D eigenvalue weighted by Crippen LogP contribution is 2.17. The minimum atomic E-state index is -6.00. The Hall–Kier alpha value is -3.12. The van der Waals surface area contributed by atoms with Gasteiger partial charge in [-0.3, -0.25) is 0 Å². The number of aromatic nitrogens is 5. The lowest BCUT2D eigenvalue weighted by Gasteiger charge is -2.02. The topological polar surface area (TPSA) is 46.4 Å². The van der Waals surface area contributed by atoms with Crippen molar-refractivity contribution < 1.29 is 43.7 Å². The first kappa shape index (κ1) is 24.9. The highest BCUT2D eigenvalue weighted by molar-refractivity contribution is 6.50. The number of pyridine rings is 2. The molecule has 0 unspecified atom stereocenters. The van der Waals surface area contributed by atoms with Crippen molar-refractivity contribution in [2.45, 2.75) is 0 Å². The number of hydrogen-bond donors (Lipinski definition) is 0. The van der Waals surface area contributed by atoms with Crippen molar-refractivity contribution in [3.05, 3.63) is 55.4 Å². The van der Waals surface area contributed by atoms with E-state index in [1.54, 1.807) is 6.33 Å². The Balaban J connectivity index is 0.000000378. The second-order valence-corrected chi connectivity index (χ2v) is 5.63. The molecule has 0 aromatic carbocycles. The van der Waals surface area contributed by atoms with E-state index in [0.29, 0.717) is 11.6 Å². The minimum Gasteiger partial charge on any atom is -0.418 e. The maximum atomic E-state index is 9.75. The van der Waals surface area contributed by atoms with Gasteiger partial charge < -0.3 is 34.5 Å². The Morgan fingerprint density at radius 3 is 1.13 bits per heavy atom. The van der Waals surface area contributed by atoms with Crippen LogP contribution >= 0.6 is 0 Å². The average Bonchev–Trinajstić information content (AvgIpc) is 2.60. The zero-order valence-electron chi connectivity index (χ0n) is 15.6. The predicted octanol–water partition coefficient (Wildman–Crippen LogP) is 3.45. The van der Waals surface area contributed by atoms with Gasteiger partial charge in [-0.25, -0.2) is 24.1 Å². The van der Waals surface area contributed by atoms with Crippen molar-refractivity contribution in [3.63, 3.8) is 0 Å². The normalized spacial score (nSPS) is 11.0. The smallest absolute Gasteiger partial charge is 0.418 e. The molecule has 3 aromatic rings. The molecule has 0 fully saturated rings. The number of nitrogens with zero attached hydrogens (tertiary/aromatic N) is 5. The molecule has 3 heterocycles. The molecule has 0 saturated heterocycles. The van der Waals surface area contributed by atoms with Gasteiger partial charge in [-0.2, -0.15) is 0 Å². The van der Waals surface area contributed by atoms with E-state index in [2.05, 4.69) is 15.0 Å². The van der Waals surface area contributed by atoms with E-state index in [0.717, 1.165) is 11.1 Å². The Kier molecular flexibility index (Phi) is 8.80. The molecule has 162 valence electrons. The highest BCUT2D eigenvalue weighted by Gasteiger charge is 2.21.